The van der Waals surface area contributed by atoms with E-state index in [1.165, 1.54) is 7.11 Å². The van der Waals surface area contributed by atoms with Crippen LogP contribution in [0.25, 0.3) is 0 Å². The van der Waals surface area contributed by atoms with E-state index < -0.39 is 0 Å². The maximum absolute atomic E-state index is 5.89. The van der Waals surface area contributed by atoms with Gasteiger partial charge in [-0.1, -0.05) is 11.6 Å². The average molecular weight is 345 g/mol. The first-order chi connectivity index (χ1) is 9.12. The first kappa shape index (κ1) is 13.8. The number of hydrogen-bond acceptors (Lipinski definition) is 6. The summed E-state index contributed by atoms with van der Waals surface area (Å²) in [6.45, 7) is 0. The minimum Gasteiger partial charge on any atom is -0.467 e. The van der Waals surface area contributed by atoms with Crippen LogP contribution in [0.4, 0.5) is 17.6 Å². The van der Waals surface area contributed by atoms with Crippen LogP contribution in [0.3, 0.4) is 0 Å². The van der Waals surface area contributed by atoms with Crippen LogP contribution in [0.5, 0.6) is 6.01 Å². The number of nitrogens with zero attached hydrogens (tertiary/aromatic N) is 3. The molecule has 0 saturated carbocycles. The van der Waals surface area contributed by atoms with E-state index in [9.17, 15) is 0 Å². The van der Waals surface area contributed by atoms with Crippen molar-refractivity contribution in [3.63, 3.8) is 0 Å². The highest BCUT2D eigenvalue weighted by Gasteiger charge is 2.08. The number of anilines is 3. The third kappa shape index (κ3) is 3.45. The molecule has 0 bridgehead atoms. The summed E-state index contributed by atoms with van der Waals surface area (Å²) < 4.78 is 5.82. The zero-order valence-electron chi connectivity index (χ0n) is 10.2. The predicted molar refractivity (Wildman–Crippen MR) is 78.4 cm³/mol. The number of aromatic nitrogens is 3. The number of rotatable bonds is 4. The maximum atomic E-state index is 5.89. The molecule has 0 aliphatic carbocycles. The van der Waals surface area contributed by atoms with Crippen molar-refractivity contribution in [1.29, 1.82) is 0 Å². The van der Waals surface area contributed by atoms with Crippen molar-refractivity contribution in [2.75, 3.05) is 24.8 Å². The van der Waals surface area contributed by atoms with Gasteiger partial charge in [0.05, 0.1) is 12.8 Å². The molecule has 2 aromatic rings. The summed E-state index contributed by atoms with van der Waals surface area (Å²) in [6, 6.07) is 5.60. The van der Waals surface area contributed by atoms with Crippen molar-refractivity contribution >= 4 is 45.1 Å². The van der Waals surface area contributed by atoms with Gasteiger partial charge in [-0.25, -0.2) is 0 Å². The lowest BCUT2D eigenvalue weighted by atomic mass is 10.3. The summed E-state index contributed by atoms with van der Waals surface area (Å²) in [5.74, 6) is 0.790. The van der Waals surface area contributed by atoms with Gasteiger partial charge in [-0.15, -0.1) is 0 Å². The van der Waals surface area contributed by atoms with E-state index in [4.69, 9.17) is 16.3 Å². The van der Waals surface area contributed by atoms with Crippen LogP contribution < -0.4 is 15.4 Å². The van der Waals surface area contributed by atoms with Crippen molar-refractivity contribution < 1.29 is 4.74 Å². The number of halogens is 2. The van der Waals surface area contributed by atoms with Crippen LogP contribution in [-0.2, 0) is 0 Å². The number of benzene rings is 1. The molecule has 0 aliphatic rings. The summed E-state index contributed by atoms with van der Waals surface area (Å²) >= 11 is 9.30. The van der Waals surface area contributed by atoms with E-state index in [0.717, 1.165) is 10.2 Å². The molecule has 100 valence electrons. The summed E-state index contributed by atoms with van der Waals surface area (Å²) in [7, 11) is 3.22. The normalized spacial score (nSPS) is 10.1. The first-order valence-electron chi connectivity index (χ1n) is 5.32. The van der Waals surface area contributed by atoms with Gasteiger partial charge in [0, 0.05) is 16.5 Å². The van der Waals surface area contributed by atoms with Crippen molar-refractivity contribution in [2.24, 2.45) is 0 Å². The van der Waals surface area contributed by atoms with Crippen molar-refractivity contribution in [2.45, 2.75) is 0 Å². The highest BCUT2D eigenvalue weighted by Crippen LogP contribution is 2.28. The summed E-state index contributed by atoms with van der Waals surface area (Å²) in [4.78, 5) is 12.3. The van der Waals surface area contributed by atoms with E-state index in [1.807, 2.05) is 6.07 Å². The second-order valence-corrected chi connectivity index (χ2v) is 4.76. The molecule has 19 heavy (non-hydrogen) atoms. The molecule has 0 spiro atoms. The minimum absolute atomic E-state index is 0.229. The molecule has 0 unspecified atom stereocenters. The first-order valence-corrected chi connectivity index (χ1v) is 6.49. The Morgan fingerprint density at radius 3 is 2.58 bits per heavy atom. The van der Waals surface area contributed by atoms with E-state index in [-0.39, 0.29) is 6.01 Å². The molecule has 1 aromatic carbocycles. The van der Waals surface area contributed by atoms with Crippen molar-refractivity contribution in [1.82, 2.24) is 15.0 Å². The van der Waals surface area contributed by atoms with Gasteiger partial charge in [0.15, 0.2) is 0 Å². The maximum Gasteiger partial charge on any atom is 0.322 e. The zero-order chi connectivity index (χ0) is 13.8. The molecule has 2 N–H and O–H groups in total. The van der Waals surface area contributed by atoms with Gasteiger partial charge in [0.1, 0.15) is 0 Å². The van der Waals surface area contributed by atoms with Crippen LogP contribution >= 0.6 is 27.5 Å². The van der Waals surface area contributed by atoms with Gasteiger partial charge in [0.2, 0.25) is 11.9 Å². The van der Waals surface area contributed by atoms with Crippen LogP contribution in [0.2, 0.25) is 5.02 Å². The SMILES string of the molecule is CNc1nc(Nc2ccc(Cl)cc2Br)nc(OC)n1. The standard InChI is InChI=1S/C11H11BrClN5O/c1-14-9-16-10(18-11(17-9)19-2)15-8-4-3-6(13)5-7(8)12/h3-5H,1-2H3,(H2,14,15,16,17,18). The van der Waals surface area contributed by atoms with Crippen LogP contribution in [0.15, 0.2) is 22.7 Å². The monoisotopic (exact) mass is 343 g/mol. The van der Waals surface area contributed by atoms with E-state index in [2.05, 4.69) is 41.5 Å². The van der Waals surface area contributed by atoms with E-state index >= 15 is 0 Å². The lowest BCUT2D eigenvalue weighted by molar-refractivity contribution is 0.379. The summed E-state index contributed by atoms with van der Waals surface area (Å²) in [5.41, 5.74) is 0.791. The predicted octanol–water partition coefficient (Wildman–Crippen LogP) is 3.08. The molecule has 0 aliphatic heterocycles. The summed E-state index contributed by atoms with van der Waals surface area (Å²) in [6.07, 6.45) is 0. The highest BCUT2D eigenvalue weighted by atomic mass is 79.9. The Hall–Kier alpha value is -1.60. The van der Waals surface area contributed by atoms with Gasteiger partial charge in [-0.05, 0) is 34.1 Å². The van der Waals surface area contributed by atoms with Gasteiger partial charge >= 0.3 is 6.01 Å². The number of ether oxygens (including phenoxy) is 1. The Balaban J connectivity index is 2.31. The molecule has 0 amide bonds. The Kier molecular flexibility index (Phi) is 4.39. The van der Waals surface area contributed by atoms with Crippen LogP contribution in [0, 0.1) is 0 Å². The fraction of sp³-hybridized carbons (Fsp3) is 0.182. The molecular weight excluding hydrogens is 334 g/mol. The molecule has 1 heterocycles. The largest absolute Gasteiger partial charge is 0.467 e. The molecule has 6 nitrogen and oxygen atoms in total. The number of hydrogen-bond donors (Lipinski definition) is 2. The fourth-order valence-electron chi connectivity index (χ4n) is 1.33. The minimum atomic E-state index is 0.229. The van der Waals surface area contributed by atoms with Crippen molar-refractivity contribution in [3.05, 3.63) is 27.7 Å². The number of nitrogens with one attached hydrogen (secondary N) is 2. The van der Waals surface area contributed by atoms with Gasteiger partial charge < -0.3 is 15.4 Å². The Morgan fingerprint density at radius 1 is 1.21 bits per heavy atom. The molecule has 2 rings (SSSR count). The van der Waals surface area contributed by atoms with E-state index in [0.29, 0.717) is 16.9 Å². The molecule has 0 radical (unpaired) electrons. The van der Waals surface area contributed by atoms with Gasteiger partial charge in [-0.2, -0.15) is 15.0 Å². The molecule has 0 atom stereocenters. The average Bonchev–Trinajstić information content (AvgIpc) is 2.41. The lowest BCUT2D eigenvalue weighted by Crippen LogP contribution is -2.05. The smallest absolute Gasteiger partial charge is 0.322 e. The van der Waals surface area contributed by atoms with Crippen molar-refractivity contribution in [3.8, 4) is 6.01 Å². The van der Waals surface area contributed by atoms with Crippen LogP contribution in [0.1, 0.15) is 0 Å². The Morgan fingerprint density at radius 2 is 1.95 bits per heavy atom. The lowest BCUT2D eigenvalue weighted by Gasteiger charge is -2.09. The molecule has 8 heteroatoms. The molecular formula is C11H11BrClN5O. The summed E-state index contributed by atoms with van der Waals surface area (Å²) in [5, 5.41) is 6.54. The zero-order valence-corrected chi connectivity index (χ0v) is 12.6. The second-order valence-electron chi connectivity index (χ2n) is 3.47. The molecule has 0 saturated heterocycles. The molecule has 1 aromatic heterocycles. The fourth-order valence-corrected chi connectivity index (χ4v) is 2.11. The van der Waals surface area contributed by atoms with Crippen LogP contribution in [-0.4, -0.2) is 29.1 Å². The van der Waals surface area contributed by atoms with Gasteiger partial charge in [-0.3, -0.25) is 0 Å². The van der Waals surface area contributed by atoms with E-state index in [1.54, 1.807) is 19.2 Å². The highest BCUT2D eigenvalue weighted by molar-refractivity contribution is 9.10. The third-order valence-electron chi connectivity index (χ3n) is 2.20. The topological polar surface area (TPSA) is 72.0 Å². The second kappa shape index (κ2) is 6.03. The molecule has 0 fully saturated rings. The van der Waals surface area contributed by atoms with Gasteiger partial charge in [0.25, 0.3) is 0 Å². The third-order valence-corrected chi connectivity index (χ3v) is 3.09. The Bertz CT molecular complexity index is 573. The number of methoxy groups -OCH3 is 1. The Labute approximate surface area is 123 Å². The quantitative estimate of drug-likeness (QED) is 0.888.